The van der Waals surface area contributed by atoms with E-state index in [0.29, 0.717) is 39.6 Å². The van der Waals surface area contributed by atoms with Crippen LogP contribution in [-0.4, -0.2) is 33.0 Å². The maximum Gasteiger partial charge on any atom is 0.248 e. The summed E-state index contributed by atoms with van der Waals surface area (Å²) in [6.07, 6.45) is 2.98. The average molecular weight is 417 g/mol. The van der Waals surface area contributed by atoms with Crippen molar-refractivity contribution in [3.63, 3.8) is 0 Å². The molecule has 0 spiro atoms. The lowest BCUT2D eigenvalue weighted by Gasteiger charge is -2.14. The van der Waals surface area contributed by atoms with Crippen LogP contribution in [0.25, 0.3) is 6.08 Å². The summed E-state index contributed by atoms with van der Waals surface area (Å²) < 4.78 is 16.1. The second-order valence-corrected chi connectivity index (χ2v) is 6.49. The van der Waals surface area contributed by atoms with Crippen molar-refractivity contribution in [2.75, 3.05) is 26.6 Å². The minimum absolute atomic E-state index is 0.165. The van der Waals surface area contributed by atoms with Crippen molar-refractivity contribution < 1.29 is 23.8 Å². The molecule has 0 atom stereocenters. The van der Waals surface area contributed by atoms with Crippen LogP contribution < -0.4 is 19.5 Å². The monoisotopic (exact) mass is 417 g/mol. The van der Waals surface area contributed by atoms with Crippen molar-refractivity contribution in [3.05, 3.63) is 89.5 Å². The van der Waals surface area contributed by atoms with E-state index in [2.05, 4.69) is 5.32 Å². The fourth-order valence-electron chi connectivity index (χ4n) is 3.13. The number of methoxy groups -OCH3 is 3. The van der Waals surface area contributed by atoms with E-state index in [1.165, 1.54) is 27.4 Å². The van der Waals surface area contributed by atoms with Crippen LogP contribution in [0, 0.1) is 0 Å². The van der Waals surface area contributed by atoms with Gasteiger partial charge in [0.25, 0.3) is 0 Å². The number of ether oxygens (including phenoxy) is 3. The Kier molecular flexibility index (Phi) is 7.06. The molecule has 3 aromatic rings. The van der Waals surface area contributed by atoms with E-state index in [9.17, 15) is 9.59 Å². The Morgan fingerprint density at radius 1 is 0.774 bits per heavy atom. The van der Waals surface area contributed by atoms with E-state index >= 15 is 0 Å². The lowest BCUT2D eigenvalue weighted by Crippen LogP contribution is -2.12. The lowest BCUT2D eigenvalue weighted by molar-refractivity contribution is -0.111. The summed E-state index contributed by atoms with van der Waals surface area (Å²) in [7, 11) is 4.57. The number of para-hydroxylation sites is 1. The third-order valence-electron chi connectivity index (χ3n) is 4.61. The highest BCUT2D eigenvalue weighted by Gasteiger charge is 2.16. The molecule has 1 amide bonds. The molecule has 0 heterocycles. The number of amides is 1. The Balaban J connectivity index is 1.83. The van der Waals surface area contributed by atoms with Gasteiger partial charge in [0.15, 0.2) is 17.3 Å². The molecule has 0 aromatic heterocycles. The molecule has 0 aliphatic heterocycles. The Bertz CT molecular complexity index is 1110. The SMILES string of the molecule is COc1ccc(/C=C/C(=O)Nc2ccccc2C(=O)c2ccccc2)c(OC)c1OC. The first-order chi connectivity index (χ1) is 15.1. The topological polar surface area (TPSA) is 73.9 Å². The van der Waals surface area contributed by atoms with Crippen LogP contribution in [0.3, 0.4) is 0 Å². The summed E-state index contributed by atoms with van der Waals surface area (Å²) in [6, 6.07) is 19.3. The molecule has 0 bridgehead atoms. The fraction of sp³-hybridized carbons (Fsp3) is 0.120. The smallest absolute Gasteiger partial charge is 0.248 e. The number of anilines is 1. The standard InChI is InChI=1S/C25H23NO5/c1-29-21-15-13-18(24(30-2)25(21)31-3)14-16-22(27)26-20-12-8-7-11-19(20)23(28)17-9-5-4-6-10-17/h4-16H,1-3H3,(H,26,27)/b16-14+. The third-order valence-corrected chi connectivity index (χ3v) is 4.61. The summed E-state index contributed by atoms with van der Waals surface area (Å²) in [5, 5.41) is 2.78. The Morgan fingerprint density at radius 3 is 2.13 bits per heavy atom. The van der Waals surface area contributed by atoms with Gasteiger partial charge < -0.3 is 19.5 Å². The van der Waals surface area contributed by atoms with Crippen LogP contribution in [0.2, 0.25) is 0 Å². The molecular weight excluding hydrogens is 394 g/mol. The molecule has 0 unspecified atom stereocenters. The Labute approximate surface area is 181 Å². The van der Waals surface area contributed by atoms with Gasteiger partial charge in [-0.3, -0.25) is 9.59 Å². The predicted octanol–water partition coefficient (Wildman–Crippen LogP) is 4.60. The van der Waals surface area contributed by atoms with Gasteiger partial charge in [0.05, 0.1) is 27.0 Å². The van der Waals surface area contributed by atoms with Crippen LogP contribution in [-0.2, 0) is 4.79 Å². The summed E-state index contributed by atoms with van der Waals surface area (Å²) in [6.45, 7) is 0. The summed E-state index contributed by atoms with van der Waals surface area (Å²) in [5.74, 6) is 0.860. The Hall–Kier alpha value is -4.06. The van der Waals surface area contributed by atoms with Crippen LogP contribution >= 0.6 is 0 Å². The summed E-state index contributed by atoms with van der Waals surface area (Å²) in [4.78, 5) is 25.4. The van der Waals surface area contributed by atoms with Crippen LogP contribution in [0.4, 0.5) is 5.69 Å². The number of rotatable bonds is 8. The molecule has 0 aliphatic rings. The zero-order valence-corrected chi connectivity index (χ0v) is 17.5. The zero-order chi connectivity index (χ0) is 22.2. The summed E-state index contributed by atoms with van der Waals surface area (Å²) >= 11 is 0. The largest absolute Gasteiger partial charge is 0.493 e. The summed E-state index contributed by atoms with van der Waals surface area (Å²) in [5.41, 5.74) is 2.04. The molecule has 158 valence electrons. The van der Waals surface area contributed by atoms with Crippen molar-refractivity contribution in [1.82, 2.24) is 0 Å². The minimum Gasteiger partial charge on any atom is -0.493 e. The molecule has 0 fully saturated rings. The number of nitrogens with one attached hydrogen (secondary N) is 1. The molecule has 3 aromatic carbocycles. The first-order valence-electron chi connectivity index (χ1n) is 9.55. The maximum atomic E-state index is 12.8. The number of ketones is 1. The highest BCUT2D eigenvalue weighted by molar-refractivity contribution is 6.14. The van der Waals surface area contributed by atoms with Gasteiger partial charge in [-0.2, -0.15) is 0 Å². The van der Waals surface area contributed by atoms with Crippen molar-refractivity contribution in [2.45, 2.75) is 0 Å². The lowest BCUT2D eigenvalue weighted by atomic mass is 10.0. The molecular formula is C25H23NO5. The minimum atomic E-state index is -0.384. The number of carbonyl (C=O) groups is 2. The number of hydrogen-bond donors (Lipinski definition) is 1. The number of hydrogen-bond acceptors (Lipinski definition) is 5. The fourth-order valence-corrected chi connectivity index (χ4v) is 3.13. The van der Waals surface area contributed by atoms with Gasteiger partial charge >= 0.3 is 0 Å². The molecule has 3 rings (SSSR count). The molecule has 6 nitrogen and oxygen atoms in total. The van der Waals surface area contributed by atoms with E-state index in [0.717, 1.165) is 0 Å². The predicted molar refractivity (Wildman–Crippen MR) is 120 cm³/mol. The average Bonchev–Trinajstić information content (AvgIpc) is 2.82. The van der Waals surface area contributed by atoms with Crippen LogP contribution in [0.5, 0.6) is 17.2 Å². The van der Waals surface area contributed by atoms with E-state index in [1.54, 1.807) is 66.7 Å². The maximum absolute atomic E-state index is 12.8. The van der Waals surface area contributed by atoms with Crippen molar-refractivity contribution >= 4 is 23.5 Å². The second kappa shape index (κ2) is 10.1. The highest BCUT2D eigenvalue weighted by atomic mass is 16.5. The van der Waals surface area contributed by atoms with Gasteiger partial charge in [0.1, 0.15) is 0 Å². The first-order valence-corrected chi connectivity index (χ1v) is 9.55. The van der Waals surface area contributed by atoms with Gasteiger partial charge in [0, 0.05) is 22.8 Å². The van der Waals surface area contributed by atoms with E-state index in [1.807, 2.05) is 6.07 Å². The van der Waals surface area contributed by atoms with E-state index < -0.39 is 0 Å². The second-order valence-electron chi connectivity index (χ2n) is 6.49. The first kappa shape index (κ1) is 21.6. The molecule has 0 saturated carbocycles. The molecule has 0 radical (unpaired) electrons. The van der Waals surface area contributed by atoms with Crippen molar-refractivity contribution in [1.29, 1.82) is 0 Å². The highest BCUT2D eigenvalue weighted by Crippen LogP contribution is 2.40. The molecule has 0 saturated heterocycles. The third kappa shape index (κ3) is 4.93. The zero-order valence-electron chi connectivity index (χ0n) is 17.5. The molecule has 0 aliphatic carbocycles. The van der Waals surface area contributed by atoms with E-state index in [-0.39, 0.29) is 11.7 Å². The van der Waals surface area contributed by atoms with Crippen LogP contribution in [0.15, 0.2) is 72.8 Å². The van der Waals surface area contributed by atoms with Crippen molar-refractivity contribution in [3.8, 4) is 17.2 Å². The van der Waals surface area contributed by atoms with E-state index in [4.69, 9.17) is 14.2 Å². The number of carbonyl (C=O) groups excluding carboxylic acids is 2. The molecule has 31 heavy (non-hydrogen) atoms. The molecule has 6 heteroatoms. The Morgan fingerprint density at radius 2 is 1.45 bits per heavy atom. The quantitative estimate of drug-likeness (QED) is 0.428. The normalized spacial score (nSPS) is 10.5. The van der Waals surface area contributed by atoms with Gasteiger partial charge in [0.2, 0.25) is 11.7 Å². The van der Waals surface area contributed by atoms with Gasteiger partial charge in [-0.15, -0.1) is 0 Å². The van der Waals surface area contributed by atoms with Crippen molar-refractivity contribution in [2.24, 2.45) is 0 Å². The van der Waals surface area contributed by atoms with Gasteiger partial charge in [-0.25, -0.2) is 0 Å². The van der Waals surface area contributed by atoms with Crippen LogP contribution in [0.1, 0.15) is 21.5 Å². The van der Waals surface area contributed by atoms with Gasteiger partial charge in [-0.05, 0) is 30.3 Å². The van der Waals surface area contributed by atoms with Gasteiger partial charge in [-0.1, -0.05) is 42.5 Å². The molecule has 1 N–H and O–H groups in total. The number of benzene rings is 3.